The Hall–Kier alpha value is -1.76. The molecule has 0 aliphatic carbocycles. The number of aryl methyl sites for hydroxylation is 1. The summed E-state index contributed by atoms with van der Waals surface area (Å²) in [5.74, 6) is -0.327. The van der Waals surface area contributed by atoms with Crippen molar-refractivity contribution in [1.29, 1.82) is 0 Å². The summed E-state index contributed by atoms with van der Waals surface area (Å²) in [4.78, 5) is 28.8. The molecule has 0 atom stereocenters. The Morgan fingerprint density at radius 3 is 2.73 bits per heavy atom. The lowest BCUT2D eigenvalue weighted by Gasteiger charge is -2.11. The normalized spacial score (nSPS) is 11.3. The van der Waals surface area contributed by atoms with E-state index in [1.807, 2.05) is 13.8 Å². The molecule has 0 fully saturated rings. The first-order valence-electron chi connectivity index (χ1n) is 7.64. The minimum Gasteiger partial charge on any atom is -0.459 e. The predicted molar refractivity (Wildman–Crippen MR) is 85.0 cm³/mol. The van der Waals surface area contributed by atoms with Crippen LogP contribution in [0, 0.1) is 5.92 Å². The van der Waals surface area contributed by atoms with Crippen LogP contribution in [0.25, 0.3) is 4.96 Å². The van der Waals surface area contributed by atoms with E-state index >= 15 is 0 Å². The SMILES string of the molecule is CCCc1nn2c(=O)cc(COC(=O)C(CC)CC)nc2s1. The highest BCUT2D eigenvalue weighted by Crippen LogP contribution is 2.14. The van der Waals surface area contributed by atoms with Crippen LogP contribution in [-0.4, -0.2) is 20.6 Å². The van der Waals surface area contributed by atoms with Gasteiger partial charge >= 0.3 is 5.97 Å². The largest absolute Gasteiger partial charge is 0.459 e. The lowest BCUT2D eigenvalue weighted by Crippen LogP contribution is -2.19. The van der Waals surface area contributed by atoms with Crippen LogP contribution in [0.1, 0.15) is 50.7 Å². The average molecular weight is 323 g/mol. The molecule has 22 heavy (non-hydrogen) atoms. The molecule has 0 saturated carbocycles. The molecular formula is C15H21N3O3S. The fourth-order valence-corrected chi connectivity index (χ4v) is 3.19. The van der Waals surface area contributed by atoms with Crippen LogP contribution in [-0.2, 0) is 22.6 Å². The number of aromatic nitrogens is 3. The van der Waals surface area contributed by atoms with Gasteiger partial charge in [0.1, 0.15) is 11.6 Å². The summed E-state index contributed by atoms with van der Waals surface area (Å²) in [6.45, 7) is 6.00. The van der Waals surface area contributed by atoms with Crippen LogP contribution in [0.15, 0.2) is 10.9 Å². The molecule has 2 rings (SSSR count). The Kier molecular flexibility index (Phi) is 5.65. The number of carbonyl (C=O) groups is 1. The summed E-state index contributed by atoms with van der Waals surface area (Å²) in [5.41, 5.74) is 0.230. The van der Waals surface area contributed by atoms with Crippen molar-refractivity contribution in [3.8, 4) is 0 Å². The summed E-state index contributed by atoms with van der Waals surface area (Å²) >= 11 is 1.40. The van der Waals surface area contributed by atoms with Gasteiger partial charge in [-0.3, -0.25) is 9.59 Å². The molecule has 0 amide bonds. The molecule has 0 N–H and O–H groups in total. The van der Waals surface area contributed by atoms with E-state index in [9.17, 15) is 9.59 Å². The van der Waals surface area contributed by atoms with Crippen LogP contribution in [0.5, 0.6) is 0 Å². The van der Waals surface area contributed by atoms with Gasteiger partial charge in [-0.15, -0.1) is 0 Å². The van der Waals surface area contributed by atoms with Crippen LogP contribution in [0.3, 0.4) is 0 Å². The average Bonchev–Trinajstić information content (AvgIpc) is 2.90. The van der Waals surface area contributed by atoms with Crippen LogP contribution in [0.2, 0.25) is 0 Å². The fourth-order valence-electron chi connectivity index (χ4n) is 2.17. The van der Waals surface area contributed by atoms with E-state index in [4.69, 9.17) is 4.74 Å². The summed E-state index contributed by atoms with van der Waals surface area (Å²) < 4.78 is 6.57. The second-order valence-corrected chi connectivity index (χ2v) is 6.19. The third-order valence-corrected chi connectivity index (χ3v) is 4.45. The Morgan fingerprint density at radius 2 is 2.09 bits per heavy atom. The molecule has 0 spiro atoms. The van der Waals surface area contributed by atoms with E-state index in [1.54, 1.807) is 0 Å². The van der Waals surface area contributed by atoms with Crippen molar-refractivity contribution in [2.45, 2.75) is 53.1 Å². The van der Waals surface area contributed by atoms with Gasteiger partial charge in [-0.2, -0.15) is 9.61 Å². The van der Waals surface area contributed by atoms with Gasteiger partial charge in [0, 0.05) is 12.5 Å². The van der Waals surface area contributed by atoms with Gasteiger partial charge in [-0.05, 0) is 19.3 Å². The zero-order valence-electron chi connectivity index (χ0n) is 13.2. The maximum Gasteiger partial charge on any atom is 0.309 e. The molecule has 2 heterocycles. The van der Waals surface area contributed by atoms with Crippen molar-refractivity contribution in [2.75, 3.05) is 0 Å². The lowest BCUT2D eigenvalue weighted by molar-refractivity contribution is -0.150. The van der Waals surface area contributed by atoms with Gasteiger partial charge in [-0.1, -0.05) is 32.1 Å². The summed E-state index contributed by atoms with van der Waals surface area (Å²) in [6, 6.07) is 1.38. The highest BCUT2D eigenvalue weighted by Gasteiger charge is 2.16. The Balaban J connectivity index is 2.15. The Bertz CT molecular complexity index is 704. The van der Waals surface area contributed by atoms with Gasteiger partial charge in [0.2, 0.25) is 4.96 Å². The van der Waals surface area contributed by atoms with Crippen molar-refractivity contribution in [3.05, 3.63) is 27.1 Å². The minimum atomic E-state index is -0.239. The monoisotopic (exact) mass is 323 g/mol. The highest BCUT2D eigenvalue weighted by molar-refractivity contribution is 7.16. The number of hydrogen-bond donors (Lipinski definition) is 0. The van der Waals surface area contributed by atoms with E-state index in [0.29, 0.717) is 10.7 Å². The third kappa shape index (κ3) is 3.71. The summed E-state index contributed by atoms with van der Waals surface area (Å²) in [5, 5.41) is 5.13. The Labute approximate surface area is 133 Å². The quantitative estimate of drug-likeness (QED) is 0.732. The van der Waals surface area contributed by atoms with Crippen molar-refractivity contribution in [3.63, 3.8) is 0 Å². The third-order valence-electron chi connectivity index (χ3n) is 3.49. The number of hydrogen-bond acceptors (Lipinski definition) is 6. The highest BCUT2D eigenvalue weighted by atomic mass is 32.1. The topological polar surface area (TPSA) is 73.6 Å². The molecular weight excluding hydrogens is 302 g/mol. The molecule has 0 bridgehead atoms. The molecule has 2 aromatic rings. The number of fused-ring (bicyclic) bond motifs is 1. The molecule has 0 aliphatic rings. The van der Waals surface area contributed by atoms with Crippen molar-refractivity contribution < 1.29 is 9.53 Å². The minimum absolute atomic E-state index is 0.0298. The molecule has 120 valence electrons. The lowest BCUT2D eigenvalue weighted by atomic mass is 10.0. The van der Waals surface area contributed by atoms with Gasteiger partial charge in [0.05, 0.1) is 11.6 Å². The molecule has 6 nitrogen and oxygen atoms in total. The maximum absolute atomic E-state index is 12.0. The molecule has 2 aromatic heterocycles. The molecule has 0 unspecified atom stereocenters. The molecule has 0 saturated heterocycles. The maximum atomic E-state index is 12.0. The van der Waals surface area contributed by atoms with Crippen molar-refractivity contribution >= 4 is 22.3 Å². The van der Waals surface area contributed by atoms with Gasteiger partial charge < -0.3 is 4.74 Å². The zero-order chi connectivity index (χ0) is 16.1. The van der Waals surface area contributed by atoms with Gasteiger partial charge in [0.25, 0.3) is 5.56 Å². The molecule has 7 heteroatoms. The van der Waals surface area contributed by atoms with Crippen molar-refractivity contribution in [1.82, 2.24) is 14.6 Å². The van der Waals surface area contributed by atoms with E-state index < -0.39 is 0 Å². The number of esters is 1. The van der Waals surface area contributed by atoms with Crippen LogP contribution in [0.4, 0.5) is 0 Å². The standard InChI is InChI=1S/C15H21N3O3S/c1-4-7-12-17-18-13(19)8-11(16-15(18)22-12)9-21-14(20)10(5-2)6-3/h8,10H,4-7,9H2,1-3H3. The van der Waals surface area contributed by atoms with Gasteiger partial charge in [0.15, 0.2) is 0 Å². The van der Waals surface area contributed by atoms with E-state index in [0.717, 1.165) is 30.7 Å². The molecule has 0 aliphatic heterocycles. The first-order chi connectivity index (χ1) is 10.6. The first kappa shape index (κ1) is 16.6. The number of nitrogens with zero attached hydrogens (tertiary/aromatic N) is 3. The second kappa shape index (κ2) is 7.49. The predicted octanol–water partition coefficient (Wildman–Crippen LogP) is 2.58. The van der Waals surface area contributed by atoms with E-state index in [-0.39, 0.29) is 24.1 Å². The Morgan fingerprint density at radius 1 is 1.36 bits per heavy atom. The van der Waals surface area contributed by atoms with Gasteiger partial charge in [-0.25, -0.2) is 4.98 Å². The van der Waals surface area contributed by atoms with E-state index in [2.05, 4.69) is 17.0 Å². The zero-order valence-corrected chi connectivity index (χ0v) is 14.0. The second-order valence-electron chi connectivity index (χ2n) is 5.15. The smallest absolute Gasteiger partial charge is 0.309 e. The number of rotatable bonds is 7. The number of carbonyl (C=O) groups excluding carboxylic acids is 1. The van der Waals surface area contributed by atoms with E-state index in [1.165, 1.54) is 21.9 Å². The first-order valence-corrected chi connectivity index (χ1v) is 8.45. The summed E-state index contributed by atoms with van der Waals surface area (Å²) in [6.07, 6.45) is 3.29. The number of ether oxygens (including phenoxy) is 1. The molecule has 0 radical (unpaired) electrons. The summed E-state index contributed by atoms with van der Waals surface area (Å²) in [7, 11) is 0. The fraction of sp³-hybridized carbons (Fsp3) is 0.600. The van der Waals surface area contributed by atoms with Crippen LogP contribution < -0.4 is 5.56 Å². The molecule has 0 aromatic carbocycles. The van der Waals surface area contributed by atoms with Crippen LogP contribution >= 0.6 is 11.3 Å². The van der Waals surface area contributed by atoms with Crippen molar-refractivity contribution in [2.24, 2.45) is 5.92 Å².